The van der Waals surface area contributed by atoms with Gasteiger partial charge >= 0.3 is 0 Å². The molecule has 1 nitrogen and oxygen atoms in total. The van der Waals surface area contributed by atoms with Crippen LogP contribution < -0.4 is 0 Å². The van der Waals surface area contributed by atoms with E-state index < -0.39 is 0 Å². The minimum atomic E-state index is 0.241. The lowest BCUT2D eigenvalue weighted by molar-refractivity contribution is 0.271. The van der Waals surface area contributed by atoms with E-state index in [-0.39, 0.29) is 5.38 Å². The zero-order chi connectivity index (χ0) is 8.27. The van der Waals surface area contributed by atoms with Crippen LogP contribution in [0.1, 0.15) is 19.3 Å². The number of allylic oxidation sites excluding steroid dienone is 2. The third-order valence-electron chi connectivity index (χ3n) is 2.24. The smallest absolute Gasteiger partial charge is 0.0530 e. The largest absolute Gasteiger partial charge is 0.306 e. The first-order valence-electron chi connectivity index (χ1n) is 4.17. The fourth-order valence-corrected chi connectivity index (χ4v) is 1.77. The quantitative estimate of drug-likeness (QED) is 0.435. The van der Waals surface area contributed by atoms with Crippen molar-refractivity contribution in [1.82, 2.24) is 4.90 Å². The van der Waals surface area contributed by atoms with Crippen LogP contribution in [0.25, 0.3) is 0 Å². The predicted octanol–water partition coefficient (Wildman–Crippen LogP) is 2.26. The molecule has 2 atom stereocenters. The molecule has 0 spiro atoms. The van der Waals surface area contributed by atoms with Gasteiger partial charge in [0, 0.05) is 6.04 Å². The van der Waals surface area contributed by atoms with Crippen molar-refractivity contribution in [3.05, 3.63) is 12.2 Å². The Morgan fingerprint density at radius 3 is 2.82 bits per heavy atom. The van der Waals surface area contributed by atoms with E-state index in [4.69, 9.17) is 11.6 Å². The highest BCUT2D eigenvalue weighted by Gasteiger charge is 2.16. The summed E-state index contributed by atoms with van der Waals surface area (Å²) in [5.41, 5.74) is 0. The topological polar surface area (TPSA) is 3.24 Å². The van der Waals surface area contributed by atoms with Crippen molar-refractivity contribution >= 4 is 11.6 Å². The van der Waals surface area contributed by atoms with Gasteiger partial charge in [-0.25, -0.2) is 0 Å². The lowest BCUT2D eigenvalue weighted by Crippen LogP contribution is -2.29. The standard InChI is InChI=1S/C9H16ClN/c1-11(2)9-6-4-3-5-8(10)7-9/h3,5,8-9H,4,6-7H2,1-2H3. The maximum absolute atomic E-state index is 6.05. The normalized spacial score (nSPS) is 32.4. The molecule has 0 aromatic rings. The van der Waals surface area contributed by atoms with Gasteiger partial charge < -0.3 is 4.90 Å². The fraction of sp³-hybridized carbons (Fsp3) is 0.778. The van der Waals surface area contributed by atoms with Crippen molar-refractivity contribution in [2.24, 2.45) is 0 Å². The molecule has 0 fully saturated rings. The number of alkyl halides is 1. The summed E-state index contributed by atoms with van der Waals surface area (Å²) in [5, 5.41) is 0.241. The second-order valence-corrected chi connectivity index (χ2v) is 3.94. The third kappa shape index (κ3) is 2.84. The van der Waals surface area contributed by atoms with Gasteiger partial charge in [-0.05, 0) is 33.4 Å². The molecule has 0 aromatic carbocycles. The number of hydrogen-bond acceptors (Lipinski definition) is 1. The molecule has 0 bridgehead atoms. The second-order valence-electron chi connectivity index (χ2n) is 3.37. The van der Waals surface area contributed by atoms with Gasteiger partial charge in [0.05, 0.1) is 5.38 Å². The SMILES string of the molecule is CN(C)C1CCC=CC(Cl)C1. The lowest BCUT2D eigenvalue weighted by Gasteiger charge is -2.23. The molecule has 1 aliphatic carbocycles. The highest BCUT2D eigenvalue weighted by Crippen LogP contribution is 2.19. The summed E-state index contributed by atoms with van der Waals surface area (Å²) in [6.07, 6.45) is 7.82. The maximum Gasteiger partial charge on any atom is 0.0530 e. The van der Waals surface area contributed by atoms with Gasteiger partial charge in [0.15, 0.2) is 0 Å². The lowest BCUT2D eigenvalue weighted by atomic mass is 10.1. The van der Waals surface area contributed by atoms with E-state index in [0.717, 1.165) is 6.42 Å². The Hall–Kier alpha value is -0.0100. The van der Waals surface area contributed by atoms with Gasteiger partial charge in [-0.15, -0.1) is 11.6 Å². The predicted molar refractivity (Wildman–Crippen MR) is 50.1 cm³/mol. The van der Waals surface area contributed by atoms with Gasteiger partial charge in [0.1, 0.15) is 0 Å². The summed E-state index contributed by atoms with van der Waals surface area (Å²) in [4.78, 5) is 2.27. The van der Waals surface area contributed by atoms with Crippen molar-refractivity contribution < 1.29 is 0 Å². The molecule has 0 radical (unpaired) electrons. The molecule has 11 heavy (non-hydrogen) atoms. The average Bonchev–Trinajstić information content (AvgIpc) is 2.13. The molecule has 2 unspecified atom stereocenters. The molecule has 0 N–H and O–H groups in total. The van der Waals surface area contributed by atoms with E-state index in [1.165, 1.54) is 12.8 Å². The Morgan fingerprint density at radius 1 is 1.45 bits per heavy atom. The van der Waals surface area contributed by atoms with Crippen LogP contribution in [-0.2, 0) is 0 Å². The van der Waals surface area contributed by atoms with E-state index in [2.05, 4.69) is 31.1 Å². The van der Waals surface area contributed by atoms with Gasteiger partial charge in [-0.3, -0.25) is 0 Å². The molecule has 0 amide bonds. The Morgan fingerprint density at radius 2 is 2.18 bits per heavy atom. The van der Waals surface area contributed by atoms with Crippen LogP contribution in [0.2, 0.25) is 0 Å². The van der Waals surface area contributed by atoms with Crippen molar-refractivity contribution in [2.45, 2.75) is 30.7 Å². The van der Waals surface area contributed by atoms with E-state index in [9.17, 15) is 0 Å². The van der Waals surface area contributed by atoms with Crippen molar-refractivity contribution in [3.8, 4) is 0 Å². The monoisotopic (exact) mass is 173 g/mol. The van der Waals surface area contributed by atoms with Crippen LogP contribution in [0.5, 0.6) is 0 Å². The van der Waals surface area contributed by atoms with Gasteiger partial charge in [0.25, 0.3) is 0 Å². The molecule has 1 aliphatic rings. The molecule has 2 heteroatoms. The number of halogens is 1. The molecular weight excluding hydrogens is 158 g/mol. The zero-order valence-corrected chi connectivity index (χ0v) is 8.01. The molecule has 64 valence electrons. The second kappa shape index (κ2) is 4.13. The number of rotatable bonds is 1. The molecule has 0 saturated heterocycles. The van der Waals surface area contributed by atoms with E-state index in [1.807, 2.05) is 0 Å². The summed E-state index contributed by atoms with van der Waals surface area (Å²) >= 11 is 6.05. The van der Waals surface area contributed by atoms with Crippen LogP contribution in [-0.4, -0.2) is 30.4 Å². The first-order chi connectivity index (χ1) is 5.20. The maximum atomic E-state index is 6.05. The molecule has 0 heterocycles. The van der Waals surface area contributed by atoms with Crippen molar-refractivity contribution in [3.63, 3.8) is 0 Å². The first kappa shape index (κ1) is 9.08. The van der Waals surface area contributed by atoms with Crippen molar-refractivity contribution in [1.29, 1.82) is 0 Å². The minimum absolute atomic E-state index is 0.241. The minimum Gasteiger partial charge on any atom is -0.306 e. The Labute approximate surface area is 74.0 Å². The summed E-state index contributed by atoms with van der Waals surface area (Å²) in [6, 6.07) is 0.660. The van der Waals surface area contributed by atoms with Gasteiger partial charge in [-0.1, -0.05) is 12.2 Å². The molecule has 0 aromatic heterocycles. The van der Waals surface area contributed by atoms with E-state index in [0.29, 0.717) is 6.04 Å². The summed E-state index contributed by atoms with van der Waals surface area (Å²) in [5.74, 6) is 0. The Balaban J connectivity index is 2.45. The van der Waals surface area contributed by atoms with Crippen molar-refractivity contribution in [2.75, 3.05) is 14.1 Å². The van der Waals surface area contributed by atoms with Crippen LogP contribution in [0, 0.1) is 0 Å². The summed E-state index contributed by atoms with van der Waals surface area (Å²) in [6.45, 7) is 0. The van der Waals surface area contributed by atoms with Crippen LogP contribution in [0.4, 0.5) is 0 Å². The molecule has 1 rings (SSSR count). The Kier molecular flexibility index (Phi) is 3.41. The first-order valence-corrected chi connectivity index (χ1v) is 4.61. The molecule has 0 saturated carbocycles. The number of hydrogen-bond donors (Lipinski definition) is 0. The number of nitrogens with zero attached hydrogens (tertiary/aromatic N) is 1. The van der Waals surface area contributed by atoms with Gasteiger partial charge in [0.2, 0.25) is 0 Å². The summed E-state index contributed by atoms with van der Waals surface area (Å²) < 4.78 is 0. The highest BCUT2D eigenvalue weighted by atomic mass is 35.5. The Bertz CT molecular complexity index is 142. The highest BCUT2D eigenvalue weighted by molar-refractivity contribution is 6.21. The summed E-state index contributed by atoms with van der Waals surface area (Å²) in [7, 11) is 4.25. The molecular formula is C9H16ClN. The fourth-order valence-electron chi connectivity index (χ4n) is 1.46. The van der Waals surface area contributed by atoms with Crippen LogP contribution in [0.3, 0.4) is 0 Å². The molecule has 0 aliphatic heterocycles. The zero-order valence-electron chi connectivity index (χ0n) is 7.26. The third-order valence-corrected chi connectivity index (χ3v) is 2.56. The van der Waals surface area contributed by atoms with Crippen LogP contribution >= 0.6 is 11.6 Å². The average molecular weight is 174 g/mol. The van der Waals surface area contributed by atoms with E-state index in [1.54, 1.807) is 0 Å². The van der Waals surface area contributed by atoms with E-state index >= 15 is 0 Å². The van der Waals surface area contributed by atoms with Gasteiger partial charge in [-0.2, -0.15) is 0 Å². The van der Waals surface area contributed by atoms with Crippen LogP contribution in [0.15, 0.2) is 12.2 Å².